The second kappa shape index (κ2) is 23.7. The summed E-state index contributed by atoms with van der Waals surface area (Å²) >= 11 is 4.14. The Morgan fingerprint density at radius 3 is 1.26 bits per heavy atom. The molecule has 0 saturated heterocycles. The van der Waals surface area contributed by atoms with Crippen LogP contribution in [-0.2, 0) is 0 Å². The molecule has 0 amide bonds. The van der Waals surface area contributed by atoms with E-state index in [9.17, 15) is 0 Å². The van der Waals surface area contributed by atoms with E-state index in [-0.39, 0.29) is 0 Å². The van der Waals surface area contributed by atoms with Gasteiger partial charge in [0, 0.05) is 35.8 Å². The fourth-order valence-corrected chi connectivity index (χ4v) is 20.9. The molecule has 7 heteroatoms. The average Bonchev–Trinajstić information content (AvgIpc) is 4.08. The summed E-state index contributed by atoms with van der Waals surface area (Å²) in [5.74, 6) is 0. The van der Waals surface area contributed by atoms with Crippen LogP contribution >= 0.6 is 22.7 Å². The highest BCUT2D eigenvalue weighted by Gasteiger charge is 2.47. The van der Waals surface area contributed by atoms with Crippen LogP contribution in [0.4, 0.5) is 0 Å². The van der Waals surface area contributed by atoms with E-state index < -0.39 is 19.4 Å². The number of hydrogen-bond acceptors (Lipinski definition) is 6. The van der Waals surface area contributed by atoms with Gasteiger partial charge in [-0.15, -0.1) is 22.7 Å². The molecule has 0 bridgehead atoms. The average molecular weight is 934 g/mol. The van der Waals surface area contributed by atoms with Crippen LogP contribution in [0.3, 0.4) is 0 Å². The van der Waals surface area contributed by atoms with E-state index in [0.29, 0.717) is 0 Å². The lowest BCUT2D eigenvalue weighted by Gasteiger charge is -2.29. The van der Waals surface area contributed by atoms with Crippen LogP contribution in [-0.4, -0.2) is 19.4 Å². The summed E-state index contributed by atoms with van der Waals surface area (Å²) in [6.07, 6.45) is 39.8. The zero-order valence-electron chi connectivity index (χ0n) is 42.6. The summed E-state index contributed by atoms with van der Waals surface area (Å²) in [5.41, 5.74) is 1.48. The Morgan fingerprint density at radius 2 is 0.785 bits per heavy atom. The third-order valence-corrected chi connectivity index (χ3v) is 23.1. The predicted octanol–water partition coefficient (Wildman–Crippen LogP) is 15.7. The monoisotopic (exact) mass is 933 g/mol. The zero-order valence-corrected chi connectivity index (χ0v) is 45.3. The molecular weight excluding hydrogens is 845 g/mol. The van der Waals surface area contributed by atoms with Crippen molar-refractivity contribution in [1.82, 2.24) is 0 Å². The number of benzene rings is 2. The molecule has 4 aromatic rings. The lowest BCUT2D eigenvalue weighted by molar-refractivity contribution is 0.537. The highest BCUT2D eigenvalue weighted by Crippen LogP contribution is 2.45. The van der Waals surface area contributed by atoms with Crippen LogP contribution in [0.1, 0.15) is 232 Å². The molecule has 0 saturated carbocycles. The Kier molecular flexibility index (Phi) is 18.4. The van der Waals surface area contributed by atoms with Crippen LogP contribution in [0.15, 0.2) is 44.2 Å². The van der Waals surface area contributed by atoms with Crippen molar-refractivity contribution in [2.75, 3.05) is 0 Å². The molecule has 0 fully saturated rings. The Bertz CT molecular complexity index is 2400. The maximum Gasteiger partial charge on any atom is 0.146 e. The quantitative estimate of drug-likeness (QED) is 0.0357. The SMILES string of the molecule is CCCCCCCCCCCCCCCC[Si]1(CCCCCCCCCCCCCCCC)c2cc(C)sc2-c2sc(-c3cc4c5c(c(C)cc4c4c3=NC(C)(C)N=4)=NC(C)(C)N=5)cc21. The fraction of sp³-hybridized carbons (Fsp3) is 0.690. The largest absolute Gasteiger partial charge is 0.254 e. The summed E-state index contributed by atoms with van der Waals surface area (Å²) in [7, 11) is -1.99. The van der Waals surface area contributed by atoms with Gasteiger partial charge in [-0.1, -0.05) is 194 Å². The minimum Gasteiger partial charge on any atom is -0.254 e. The van der Waals surface area contributed by atoms with Crippen LogP contribution in [0.2, 0.25) is 12.1 Å². The Balaban J connectivity index is 1.08. The van der Waals surface area contributed by atoms with Gasteiger partial charge in [-0.2, -0.15) is 0 Å². The van der Waals surface area contributed by atoms with Crippen LogP contribution in [0.25, 0.3) is 31.0 Å². The summed E-state index contributed by atoms with van der Waals surface area (Å²) in [4.78, 5) is 27.1. The number of rotatable bonds is 31. The number of nitrogens with zero attached hydrogens (tertiary/aromatic N) is 4. The second-order valence-electron chi connectivity index (χ2n) is 21.8. The van der Waals surface area contributed by atoms with E-state index in [1.165, 1.54) is 224 Å². The lowest BCUT2D eigenvalue weighted by Crippen LogP contribution is -2.54. The van der Waals surface area contributed by atoms with Crippen LogP contribution in [0, 0.1) is 13.8 Å². The molecule has 4 nitrogen and oxygen atoms in total. The van der Waals surface area contributed by atoms with E-state index in [1.54, 1.807) is 20.1 Å². The molecule has 0 spiro atoms. The molecule has 0 unspecified atom stereocenters. The van der Waals surface area contributed by atoms with Crippen LogP contribution < -0.4 is 31.8 Å². The summed E-state index contributed by atoms with van der Waals surface area (Å²) in [5, 5.41) is 10.1. The molecule has 3 aliphatic rings. The third kappa shape index (κ3) is 12.6. The van der Waals surface area contributed by atoms with Crippen molar-refractivity contribution < 1.29 is 0 Å². The van der Waals surface area contributed by atoms with E-state index in [4.69, 9.17) is 20.0 Å². The smallest absolute Gasteiger partial charge is 0.146 e. The minimum absolute atomic E-state index is 0.454. The van der Waals surface area contributed by atoms with Gasteiger partial charge in [0.15, 0.2) is 0 Å². The second-order valence-corrected chi connectivity index (χ2v) is 28.3. The normalized spacial score (nSPS) is 15.9. The van der Waals surface area contributed by atoms with Crippen molar-refractivity contribution >= 4 is 51.9 Å². The Morgan fingerprint density at radius 1 is 0.415 bits per heavy atom. The van der Waals surface area contributed by atoms with Crippen molar-refractivity contribution in [3.05, 3.63) is 56.1 Å². The first-order valence-electron chi connectivity index (χ1n) is 27.3. The molecule has 2 aromatic carbocycles. The first-order valence-corrected chi connectivity index (χ1v) is 31.3. The number of aryl methyl sites for hydroxylation is 2. The highest BCUT2D eigenvalue weighted by atomic mass is 32.1. The van der Waals surface area contributed by atoms with Crippen molar-refractivity contribution in [2.45, 2.75) is 259 Å². The van der Waals surface area contributed by atoms with E-state index >= 15 is 0 Å². The summed E-state index contributed by atoms with van der Waals surface area (Å²) < 4.78 is 0. The molecular formula is C58H88N4S2Si. The molecule has 7 rings (SSSR count). The third-order valence-electron chi connectivity index (χ3n) is 15.1. The molecule has 0 radical (unpaired) electrons. The maximum atomic E-state index is 5.37. The first kappa shape index (κ1) is 50.4. The topological polar surface area (TPSA) is 49.4 Å². The number of unbranched alkanes of at least 4 members (excludes halogenated alkanes) is 26. The fourth-order valence-electron chi connectivity index (χ4n) is 11.6. The summed E-state index contributed by atoms with van der Waals surface area (Å²) in [6, 6.07) is 12.9. The van der Waals surface area contributed by atoms with E-state index in [1.807, 2.05) is 0 Å². The Hall–Kier alpha value is -2.48. The van der Waals surface area contributed by atoms with Gasteiger partial charge in [-0.3, -0.25) is 20.0 Å². The Labute approximate surface area is 404 Å². The molecule has 3 aliphatic heterocycles. The van der Waals surface area contributed by atoms with Gasteiger partial charge >= 0.3 is 0 Å². The minimum atomic E-state index is -1.99. The van der Waals surface area contributed by atoms with Crippen LogP contribution in [0.5, 0.6) is 0 Å². The molecule has 65 heavy (non-hydrogen) atoms. The first-order chi connectivity index (χ1) is 31.5. The maximum absolute atomic E-state index is 5.37. The highest BCUT2D eigenvalue weighted by molar-refractivity contribution is 7.30. The van der Waals surface area contributed by atoms with Gasteiger partial charge in [0.2, 0.25) is 0 Å². The van der Waals surface area contributed by atoms with E-state index in [0.717, 1.165) is 21.4 Å². The molecule has 356 valence electrons. The molecule has 0 N–H and O–H groups in total. The van der Waals surface area contributed by atoms with Crippen molar-refractivity contribution in [2.24, 2.45) is 20.0 Å². The number of thiophene rings is 2. The van der Waals surface area contributed by atoms with Gasteiger partial charge in [0.05, 0.1) is 21.4 Å². The zero-order chi connectivity index (χ0) is 45.9. The van der Waals surface area contributed by atoms with Crippen molar-refractivity contribution in [3.63, 3.8) is 0 Å². The molecule has 0 atom stereocenters. The lowest BCUT2D eigenvalue weighted by atomic mass is 10.0. The van der Waals surface area contributed by atoms with Gasteiger partial charge in [-0.25, -0.2) is 0 Å². The van der Waals surface area contributed by atoms with Gasteiger partial charge < -0.3 is 0 Å². The van der Waals surface area contributed by atoms with Gasteiger partial charge in [0.1, 0.15) is 19.4 Å². The molecule has 0 aliphatic carbocycles. The van der Waals surface area contributed by atoms with Crippen molar-refractivity contribution in [3.8, 4) is 20.2 Å². The van der Waals surface area contributed by atoms with Gasteiger partial charge in [-0.05, 0) is 93.8 Å². The molecule has 5 heterocycles. The number of fused-ring (bicyclic) bond motifs is 8. The van der Waals surface area contributed by atoms with E-state index in [2.05, 4.69) is 102 Å². The molecule has 2 aromatic heterocycles. The van der Waals surface area contributed by atoms with Gasteiger partial charge in [0.25, 0.3) is 0 Å². The summed E-state index contributed by atoms with van der Waals surface area (Å²) in [6.45, 7) is 17.7. The standard InChI is InChI=1S/C58H88N4S2Si/c1-9-11-13-15-17-19-21-23-25-27-29-31-33-35-37-65(38-36-34-32-30-28-26-24-22-20-18-16-14-12-10-2)49-40-44(4)63-55(49)56-50(65)42-48(64-56)47-41-46-45(53-54(47)62-58(7,8)61-53)39-43(3)51-52(46)60-57(5,6)59-51/h39-42H,9-38H2,1-8H3. The number of hydrogen-bond donors (Lipinski definition) is 0. The van der Waals surface area contributed by atoms with Crippen molar-refractivity contribution in [1.29, 1.82) is 0 Å². The predicted molar refractivity (Wildman–Crippen MR) is 288 cm³/mol.